The minimum atomic E-state index is -0.0687. The van der Waals surface area contributed by atoms with E-state index in [1.54, 1.807) is 13.3 Å². The zero-order chi connectivity index (χ0) is 10.8. The standard InChI is InChI=1S/C12H14N2O/c1-8(13)12-11-7-10(15-2)4-3-9(11)5-6-14-12/h3-8H,13H2,1-2H3/t8-/m1/s1. The van der Waals surface area contributed by atoms with Gasteiger partial charge in [-0.1, -0.05) is 6.07 Å². The van der Waals surface area contributed by atoms with Gasteiger partial charge in [-0.3, -0.25) is 4.98 Å². The lowest BCUT2D eigenvalue weighted by Crippen LogP contribution is -2.07. The van der Waals surface area contributed by atoms with Crippen molar-refractivity contribution >= 4 is 10.8 Å². The van der Waals surface area contributed by atoms with Crippen molar-refractivity contribution in [3.8, 4) is 5.75 Å². The Labute approximate surface area is 88.9 Å². The van der Waals surface area contributed by atoms with Crippen LogP contribution < -0.4 is 10.5 Å². The second-order valence-electron chi connectivity index (χ2n) is 3.57. The van der Waals surface area contributed by atoms with Gasteiger partial charge in [-0.05, 0) is 30.5 Å². The topological polar surface area (TPSA) is 48.1 Å². The Hall–Kier alpha value is -1.61. The maximum atomic E-state index is 5.87. The lowest BCUT2D eigenvalue weighted by atomic mass is 10.1. The van der Waals surface area contributed by atoms with E-state index in [2.05, 4.69) is 4.98 Å². The molecule has 2 aromatic rings. The van der Waals surface area contributed by atoms with Crippen LogP contribution in [0.5, 0.6) is 5.75 Å². The first-order valence-electron chi connectivity index (χ1n) is 4.90. The van der Waals surface area contributed by atoms with Crippen LogP contribution in [0, 0.1) is 0 Å². The fraction of sp³-hybridized carbons (Fsp3) is 0.250. The number of fused-ring (bicyclic) bond motifs is 1. The summed E-state index contributed by atoms with van der Waals surface area (Å²) in [6.07, 6.45) is 1.79. The highest BCUT2D eigenvalue weighted by Gasteiger charge is 2.07. The summed E-state index contributed by atoms with van der Waals surface area (Å²) in [6.45, 7) is 1.93. The smallest absolute Gasteiger partial charge is 0.119 e. The van der Waals surface area contributed by atoms with Gasteiger partial charge in [0, 0.05) is 17.6 Å². The average molecular weight is 202 g/mol. The predicted molar refractivity (Wildman–Crippen MR) is 60.9 cm³/mol. The van der Waals surface area contributed by atoms with Crippen molar-refractivity contribution < 1.29 is 4.74 Å². The highest BCUT2D eigenvalue weighted by Crippen LogP contribution is 2.25. The highest BCUT2D eigenvalue weighted by molar-refractivity contribution is 5.86. The molecule has 2 N–H and O–H groups in total. The summed E-state index contributed by atoms with van der Waals surface area (Å²) in [5.74, 6) is 0.831. The Morgan fingerprint density at radius 3 is 2.80 bits per heavy atom. The van der Waals surface area contributed by atoms with E-state index in [-0.39, 0.29) is 6.04 Å². The largest absolute Gasteiger partial charge is 0.497 e. The van der Waals surface area contributed by atoms with Crippen molar-refractivity contribution in [2.75, 3.05) is 7.11 Å². The maximum Gasteiger partial charge on any atom is 0.119 e. The van der Waals surface area contributed by atoms with Crippen LogP contribution in [0.4, 0.5) is 0 Å². The molecule has 1 aromatic heterocycles. The summed E-state index contributed by atoms with van der Waals surface area (Å²) >= 11 is 0. The van der Waals surface area contributed by atoms with Gasteiger partial charge < -0.3 is 10.5 Å². The number of methoxy groups -OCH3 is 1. The highest BCUT2D eigenvalue weighted by atomic mass is 16.5. The summed E-state index contributed by atoms with van der Waals surface area (Å²) < 4.78 is 5.19. The number of ether oxygens (including phenoxy) is 1. The second-order valence-corrected chi connectivity index (χ2v) is 3.57. The predicted octanol–water partition coefficient (Wildman–Crippen LogP) is 2.26. The van der Waals surface area contributed by atoms with Crippen molar-refractivity contribution in [3.63, 3.8) is 0 Å². The van der Waals surface area contributed by atoms with Gasteiger partial charge in [0.1, 0.15) is 5.75 Å². The number of pyridine rings is 1. The fourth-order valence-electron chi connectivity index (χ4n) is 1.66. The first-order chi connectivity index (χ1) is 7.22. The third-order valence-electron chi connectivity index (χ3n) is 2.44. The number of nitrogens with two attached hydrogens (primary N) is 1. The van der Waals surface area contributed by atoms with Crippen molar-refractivity contribution in [3.05, 3.63) is 36.2 Å². The fourth-order valence-corrected chi connectivity index (χ4v) is 1.66. The molecule has 0 radical (unpaired) electrons. The Bertz CT molecular complexity index is 480. The van der Waals surface area contributed by atoms with Crippen molar-refractivity contribution in [1.29, 1.82) is 0 Å². The van der Waals surface area contributed by atoms with Gasteiger partial charge in [0.25, 0.3) is 0 Å². The van der Waals surface area contributed by atoms with Gasteiger partial charge in [0.2, 0.25) is 0 Å². The number of hydrogen-bond acceptors (Lipinski definition) is 3. The number of rotatable bonds is 2. The number of aromatic nitrogens is 1. The van der Waals surface area contributed by atoms with Gasteiger partial charge in [-0.25, -0.2) is 0 Å². The lowest BCUT2D eigenvalue weighted by Gasteiger charge is -2.09. The molecular weight excluding hydrogens is 188 g/mol. The van der Waals surface area contributed by atoms with Gasteiger partial charge >= 0.3 is 0 Å². The Morgan fingerprint density at radius 2 is 2.13 bits per heavy atom. The van der Waals surface area contributed by atoms with Crippen LogP contribution >= 0.6 is 0 Å². The van der Waals surface area contributed by atoms with Crippen molar-refractivity contribution in [2.45, 2.75) is 13.0 Å². The summed E-state index contributed by atoms with van der Waals surface area (Å²) in [5.41, 5.74) is 6.78. The second kappa shape index (κ2) is 3.87. The summed E-state index contributed by atoms with van der Waals surface area (Å²) in [5, 5.41) is 2.20. The molecular formula is C12H14N2O. The SMILES string of the molecule is COc1ccc2ccnc([C@@H](C)N)c2c1. The molecule has 0 unspecified atom stereocenters. The van der Waals surface area contributed by atoms with Crippen LogP contribution in [0.25, 0.3) is 10.8 Å². The van der Waals surface area contributed by atoms with Gasteiger partial charge in [-0.2, -0.15) is 0 Å². The van der Waals surface area contributed by atoms with Crippen molar-refractivity contribution in [1.82, 2.24) is 4.98 Å². The number of benzene rings is 1. The lowest BCUT2D eigenvalue weighted by molar-refractivity contribution is 0.415. The molecule has 0 bridgehead atoms. The molecule has 0 saturated heterocycles. The zero-order valence-corrected chi connectivity index (χ0v) is 8.90. The molecule has 0 saturated carbocycles. The van der Waals surface area contributed by atoms with Gasteiger partial charge in [-0.15, -0.1) is 0 Å². The molecule has 1 heterocycles. The molecule has 0 amide bonds. The normalized spacial score (nSPS) is 12.7. The molecule has 2 rings (SSSR count). The number of hydrogen-bond donors (Lipinski definition) is 1. The molecule has 78 valence electrons. The van der Waals surface area contributed by atoms with Crippen molar-refractivity contribution in [2.24, 2.45) is 5.73 Å². The first-order valence-corrected chi connectivity index (χ1v) is 4.90. The monoisotopic (exact) mass is 202 g/mol. The van der Waals surface area contributed by atoms with E-state index >= 15 is 0 Å². The van der Waals surface area contributed by atoms with E-state index in [4.69, 9.17) is 10.5 Å². The molecule has 0 aliphatic carbocycles. The molecule has 3 nitrogen and oxygen atoms in total. The van der Waals surface area contributed by atoms with Crippen LogP contribution in [0.3, 0.4) is 0 Å². The molecule has 0 aliphatic rings. The van der Waals surface area contributed by atoms with Crippen LogP contribution in [0.1, 0.15) is 18.7 Å². The minimum Gasteiger partial charge on any atom is -0.497 e. The molecule has 15 heavy (non-hydrogen) atoms. The summed E-state index contributed by atoms with van der Waals surface area (Å²) in [7, 11) is 1.66. The van der Waals surface area contributed by atoms with Crippen LogP contribution in [0.15, 0.2) is 30.5 Å². The third-order valence-corrected chi connectivity index (χ3v) is 2.44. The Balaban J connectivity index is 2.70. The minimum absolute atomic E-state index is 0.0687. The van der Waals surface area contributed by atoms with Gasteiger partial charge in [0.15, 0.2) is 0 Å². The molecule has 1 atom stereocenters. The maximum absolute atomic E-state index is 5.87. The Morgan fingerprint density at radius 1 is 1.33 bits per heavy atom. The van der Waals surface area contributed by atoms with E-state index in [0.29, 0.717) is 0 Å². The summed E-state index contributed by atoms with van der Waals surface area (Å²) in [4.78, 5) is 4.30. The first kappa shape index (κ1) is 9.93. The molecule has 0 spiro atoms. The zero-order valence-electron chi connectivity index (χ0n) is 8.90. The van der Waals surface area contributed by atoms with E-state index in [0.717, 1.165) is 22.2 Å². The quantitative estimate of drug-likeness (QED) is 0.812. The molecule has 1 aromatic carbocycles. The van der Waals surface area contributed by atoms with Crippen LogP contribution in [0.2, 0.25) is 0 Å². The van der Waals surface area contributed by atoms with Crippen LogP contribution in [-0.4, -0.2) is 12.1 Å². The Kier molecular flexibility index (Phi) is 2.56. The molecule has 3 heteroatoms. The van der Waals surface area contributed by atoms with E-state index in [9.17, 15) is 0 Å². The molecule has 0 aliphatic heterocycles. The van der Waals surface area contributed by atoms with Gasteiger partial charge in [0.05, 0.1) is 12.8 Å². The van der Waals surface area contributed by atoms with Crippen LogP contribution in [-0.2, 0) is 0 Å². The van der Waals surface area contributed by atoms with E-state index in [1.807, 2.05) is 31.2 Å². The van der Waals surface area contributed by atoms with E-state index in [1.165, 1.54) is 0 Å². The summed E-state index contributed by atoms with van der Waals surface area (Å²) in [6, 6.07) is 7.83. The molecule has 0 fully saturated rings. The third kappa shape index (κ3) is 1.78. The number of nitrogens with zero attached hydrogens (tertiary/aromatic N) is 1. The van der Waals surface area contributed by atoms with E-state index < -0.39 is 0 Å². The average Bonchev–Trinajstić information content (AvgIpc) is 2.27.